The minimum Gasteiger partial charge on any atom is -0.391 e. The van der Waals surface area contributed by atoms with Crippen LogP contribution >= 0.6 is 0 Å². The van der Waals surface area contributed by atoms with Crippen LogP contribution in [-0.2, 0) is 0 Å². The molecule has 1 aliphatic rings. The molecule has 0 amide bonds. The van der Waals surface area contributed by atoms with Gasteiger partial charge in [-0.15, -0.1) is 0 Å². The van der Waals surface area contributed by atoms with Crippen molar-refractivity contribution in [2.24, 2.45) is 0 Å². The molecular formula is C13H21N3O. The third-order valence-electron chi connectivity index (χ3n) is 3.28. The van der Waals surface area contributed by atoms with Crippen LogP contribution in [0.15, 0.2) is 6.07 Å². The van der Waals surface area contributed by atoms with Crippen molar-refractivity contribution in [2.45, 2.75) is 58.1 Å². The Balaban J connectivity index is 2.07. The third-order valence-corrected chi connectivity index (χ3v) is 3.28. The second-order valence-electron chi connectivity index (χ2n) is 4.93. The summed E-state index contributed by atoms with van der Waals surface area (Å²) in [6, 6.07) is 2.05. The Morgan fingerprint density at radius 3 is 2.47 bits per heavy atom. The Morgan fingerprint density at radius 2 is 1.76 bits per heavy atom. The lowest BCUT2D eigenvalue weighted by molar-refractivity contribution is 0.144. The largest absolute Gasteiger partial charge is 0.391 e. The lowest BCUT2D eigenvalue weighted by atomic mass is 10.1. The summed E-state index contributed by atoms with van der Waals surface area (Å²) in [5.41, 5.74) is 1.92. The van der Waals surface area contributed by atoms with Crippen LogP contribution in [0.5, 0.6) is 0 Å². The van der Waals surface area contributed by atoms with E-state index in [1.54, 1.807) is 0 Å². The van der Waals surface area contributed by atoms with Crippen molar-refractivity contribution in [3.63, 3.8) is 0 Å². The van der Waals surface area contributed by atoms with Crippen molar-refractivity contribution in [1.82, 2.24) is 9.97 Å². The van der Waals surface area contributed by atoms with Crippen molar-refractivity contribution < 1.29 is 5.11 Å². The Morgan fingerprint density at radius 1 is 1.12 bits per heavy atom. The number of anilines is 1. The Kier molecular flexibility index (Phi) is 3.94. The molecule has 17 heavy (non-hydrogen) atoms. The predicted octanol–water partition coefficient (Wildman–Crippen LogP) is 2.20. The first-order chi connectivity index (χ1) is 8.15. The molecule has 2 unspecified atom stereocenters. The standard InChI is InChI=1S/C13H21N3O/c1-9-8-10(2)15-13(14-9)16-11-6-4-3-5-7-12(11)17/h8,11-12,17H,3-7H2,1-2H3,(H,14,15,16). The number of nitrogens with zero attached hydrogens (tertiary/aromatic N) is 2. The van der Waals surface area contributed by atoms with Gasteiger partial charge in [0.05, 0.1) is 12.1 Å². The summed E-state index contributed by atoms with van der Waals surface area (Å²) in [5.74, 6) is 0.647. The molecule has 4 nitrogen and oxygen atoms in total. The molecule has 2 N–H and O–H groups in total. The first kappa shape index (κ1) is 12.3. The van der Waals surface area contributed by atoms with E-state index in [1.165, 1.54) is 12.8 Å². The molecule has 1 aliphatic carbocycles. The molecule has 1 aromatic rings. The van der Waals surface area contributed by atoms with E-state index in [1.807, 2.05) is 19.9 Å². The number of aliphatic hydroxyl groups excluding tert-OH is 1. The van der Waals surface area contributed by atoms with Crippen LogP contribution < -0.4 is 5.32 Å². The van der Waals surface area contributed by atoms with E-state index in [2.05, 4.69) is 15.3 Å². The summed E-state index contributed by atoms with van der Waals surface area (Å²) >= 11 is 0. The van der Waals surface area contributed by atoms with Crippen molar-refractivity contribution in [2.75, 3.05) is 5.32 Å². The molecule has 1 saturated carbocycles. The summed E-state index contributed by atoms with van der Waals surface area (Å²) in [5, 5.41) is 13.3. The first-order valence-corrected chi connectivity index (χ1v) is 6.42. The molecule has 1 aromatic heterocycles. The molecule has 1 heterocycles. The van der Waals surface area contributed by atoms with Gasteiger partial charge in [0.1, 0.15) is 0 Å². The van der Waals surface area contributed by atoms with Crippen molar-refractivity contribution in [3.8, 4) is 0 Å². The van der Waals surface area contributed by atoms with Gasteiger partial charge in [-0.05, 0) is 32.8 Å². The average Bonchev–Trinajstić information content (AvgIpc) is 2.43. The maximum absolute atomic E-state index is 10.0. The van der Waals surface area contributed by atoms with Gasteiger partial charge in [-0.1, -0.05) is 19.3 Å². The Hall–Kier alpha value is -1.16. The zero-order valence-corrected chi connectivity index (χ0v) is 10.6. The van der Waals surface area contributed by atoms with E-state index in [9.17, 15) is 5.11 Å². The van der Waals surface area contributed by atoms with E-state index in [-0.39, 0.29) is 12.1 Å². The SMILES string of the molecule is Cc1cc(C)nc(NC2CCCCCC2O)n1. The predicted molar refractivity (Wildman–Crippen MR) is 68.0 cm³/mol. The third kappa shape index (κ3) is 3.40. The molecule has 0 saturated heterocycles. The number of hydrogen-bond donors (Lipinski definition) is 2. The van der Waals surface area contributed by atoms with Crippen LogP contribution in [0.25, 0.3) is 0 Å². The zero-order valence-electron chi connectivity index (χ0n) is 10.6. The molecule has 94 valence electrons. The number of aryl methyl sites for hydroxylation is 2. The Bertz CT molecular complexity index is 361. The van der Waals surface area contributed by atoms with Gasteiger partial charge in [0.25, 0.3) is 0 Å². The van der Waals surface area contributed by atoms with E-state index in [0.717, 1.165) is 30.7 Å². The fourth-order valence-electron chi connectivity index (χ4n) is 2.41. The van der Waals surface area contributed by atoms with Gasteiger partial charge in [0.2, 0.25) is 5.95 Å². The highest BCUT2D eigenvalue weighted by atomic mass is 16.3. The maximum atomic E-state index is 10.0. The van der Waals surface area contributed by atoms with Crippen molar-refractivity contribution in [3.05, 3.63) is 17.5 Å². The second kappa shape index (κ2) is 5.45. The van der Waals surface area contributed by atoms with E-state index >= 15 is 0 Å². The van der Waals surface area contributed by atoms with E-state index in [0.29, 0.717) is 5.95 Å². The van der Waals surface area contributed by atoms with Gasteiger partial charge in [-0.3, -0.25) is 0 Å². The van der Waals surface area contributed by atoms with E-state index < -0.39 is 0 Å². The molecule has 4 heteroatoms. The molecule has 0 aromatic carbocycles. The lowest BCUT2D eigenvalue weighted by Gasteiger charge is -2.21. The number of hydrogen-bond acceptors (Lipinski definition) is 4. The number of aromatic nitrogens is 2. The quantitative estimate of drug-likeness (QED) is 0.772. The van der Waals surface area contributed by atoms with Crippen LogP contribution in [-0.4, -0.2) is 27.2 Å². The highest BCUT2D eigenvalue weighted by molar-refractivity contribution is 5.29. The summed E-state index contributed by atoms with van der Waals surface area (Å²) in [7, 11) is 0. The summed E-state index contributed by atoms with van der Waals surface area (Å²) in [6.45, 7) is 3.92. The zero-order chi connectivity index (χ0) is 12.3. The minimum absolute atomic E-state index is 0.0960. The minimum atomic E-state index is -0.276. The number of rotatable bonds is 2. The van der Waals surface area contributed by atoms with Crippen molar-refractivity contribution >= 4 is 5.95 Å². The molecular weight excluding hydrogens is 214 g/mol. The fourth-order valence-corrected chi connectivity index (χ4v) is 2.41. The molecule has 1 fully saturated rings. The van der Waals surface area contributed by atoms with Crippen LogP contribution in [0, 0.1) is 13.8 Å². The molecule has 2 atom stereocenters. The number of aliphatic hydroxyl groups is 1. The molecule has 0 bridgehead atoms. The van der Waals surface area contributed by atoms with Gasteiger partial charge < -0.3 is 10.4 Å². The van der Waals surface area contributed by atoms with Gasteiger partial charge in [-0.25, -0.2) is 9.97 Å². The number of nitrogens with one attached hydrogen (secondary N) is 1. The van der Waals surface area contributed by atoms with Crippen LogP contribution in [0.1, 0.15) is 43.5 Å². The highest BCUT2D eigenvalue weighted by Crippen LogP contribution is 2.20. The average molecular weight is 235 g/mol. The molecule has 0 aliphatic heterocycles. The van der Waals surface area contributed by atoms with E-state index in [4.69, 9.17) is 0 Å². The topological polar surface area (TPSA) is 58.0 Å². The molecule has 0 radical (unpaired) electrons. The Labute approximate surface area is 102 Å². The summed E-state index contributed by atoms with van der Waals surface area (Å²) in [4.78, 5) is 8.72. The highest BCUT2D eigenvalue weighted by Gasteiger charge is 2.22. The van der Waals surface area contributed by atoms with Gasteiger partial charge in [0.15, 0.2) is 0 Å². The second-order valence-corrected chi connectivity index (χ2v) is 4.93. The van der Waals surface area contributed by atoms with Crippen LogP contribution in [0.2, 0.25) is 0 Å². The van der Waals surface area contributed by atoms with Crippen molar-refractivity contribution in [1.29, 1.82) is 0 Å². The smallest absolute Gasteiger partial charge is 0.223 e. The van der Waals surface area contributed by atoms with Gasteiger partial charge >= 0.3 is 0 Å². The van der Waals surface area contributed by atoms with Crippen LogP contribution in [0.3, 0.4) is 0 Å². The monoisotopic (exact) mass is 235 g/mol. The van der Waals surface area contributed by atoms with Gasteiger partial charge in [0, 0.05) is 11.4 Å². The van der Waals surface area contributed by atoms with Crippen LogP contribution in [0.4, 0.5) is 5.95 Å². The summed E-state index contributed by atoms with van der Waals surface area (Å²) in [6.07, 6.45) is 5.09. The maximum Gasteiger partial charge on any atom is 0.223 e. The summed E-state index contributed by atoms with van der Waals surface area (Å²) < 4.78 is 0. The molecule has 2 rings (SSSR count). The first-order valence-electron chi connectivity index (χ1n) is 6.42. The molecule has 0 spiro atoms. The van der Waals surface area contributed by atoms with Gasteiger partial charge in [-0.2, -0.15) is 0 Å². The fraction of sp³-hybridized carbons (Fsp3) is 0.692. The normalized spacial score (nSPS) is 25.4. The lowest BCUT2D eigenvalue weighted by Crippen LogP contribution is -2.33.